The molecule has 4 aliphatic rings. The van der Waals surface area contributed by atoms with Crippen LogP contribution in [-0.4, -0.2) is 30.8 Å². The van der Waals surface area contributed by atoms with Crippen LogP contribution in [-0.2, 0) is 19.1 Å². The average molecular weight is 390 g/mol. The number of halogens is 3. The van der Waals surface area contributed by atoms with E-state index in [1.807, 2.05) is 0 Å². The molecule has 0 aromatic carbocycles. The van der Waals surface area contributed by atoms with Crippen molar-refractivity contribution >= 4 is 11.9 Å². The van der Waals surface area contributed by atoms with E-state index in [-0.39, 0.29) is 19.3 Å². The van der Waals surface area contributed by atoms with Gasteiger partial charge in [-0.1, -0.05) is 0 Å². The van der Waals surface area contributed by atoms with Crippen molar-refractivity contribution in [3.63, 3.8) is 0 Å². The first-order valence-electron chi connectivity index (χ1n) is 10.1. The van der Waals surface area contributed by atoms with E-state index in [0.29, 0.717) is 12.0 Å². The number of hydrogen-bond donors (Lipinski definition) is 0. The van der Waals surface area contributed by atoms with Crippen LogP contribution in [0.4, 0.5) is 13.2 Å². The van der Waals surface area contributed by atoms with E-state index in [4.69, 9.17) is 4.74 Å². The Morgan fingerprint density at radius 3 is 2.04 bits per heavy atom. The number of esters is 2. The summed E-state index contributed by atoms with van der Waals surface area (Å²) in [4.78, 5) is 23.2. The van der Waals surface area contributed by atoms with Crippen LogP contribution in [0.15, 0.2) is 0 Å². The summed E-state index contributed by atoms with van der Waals surface area (Å²) in [6.07, 6.45) is 2.09. The number of rotatable bonds is 8. The molecule has 0 saturated heterocycles. The summed E-state index contributed by atoms with van der Waals surface area (Å²) in [5.41, 5.74) is 0.354. The quantitative estimate of drug-likeness (QED) is 0.559. The van der Waals surface area contributed by atoms with Crippen molar-refractivity contribution in [3.8, 4) is 0 Å². The Hall–Kier alpha value is -1.27. The van der Waals surface area contributed by atoms with E-state index < -0.39 is 24.2 Å². The Morgan fingerprint density at radius 1 is 1.00 bits per heavy atom. The molecule has 1 unspecified atom stereocenters. The Bertz CT molecular complexity index is 523. The first-order chi connectivity index (χ1) is 12.7. The van der Waals surface area contributed by atoms with E-state index in [9.17, 15) is 22.8 Å². The highest BCUT2D eigenvalue weighted by Gasteiger charge is 2.50. The van der Waals surface area contributed by atoms with Gasteiger partial charge in [-0.25, -0.2) is 0 Å². The lowest BCUT2D eigenvalue weighted by Gasteiger charge is -2.57. The first-order valence-corrected chi connectivity index (χ1v) is 10.1. The predicted molar refractivity (Wildman–Crippen MR) is 91.6 cm³/mol. The fourth-order valence-corrected chi connectivity index (χ4v) is 5.75. The van der Waals surface area contributed by atoms with Gasteiger partial charge in [-0.15, -0.1) is 0 Å². The fraction of sp³-hybridized carbons (Fsp3) is 0.900. The molecule has 4 bridgehead atoms. The van der Waals surface area contributed by atoms with Gasteiger partial charge >= 0.3 is 18.1 Å². The molecule has 4 nitrogen and oxygen atoms in total. The summed E-state index contributed by atoms with van der Waals surface area (Å²) in [5.74, 6) is 1.24. The van der Waals surface area contributed by atoms with Gasteiger partial charge in [0, 0.05) is 12.8 Å². The van der Waals surface area contributed by atoms with Gasteiger partial charge in [0.2, 0.25) is 0 Å². The molecule has 0 aliphatic heterocycles. The number of alkyl halides is 3. The van der Waals surface area contributed by atoms with Gasteiger partial charge in [-0.3, -0.25) is 9.59 Å². The van der Waals surface area contributed by atoms with Gasteiger partial charge in [0.1, 0.15) is 0 Å². The van der Waals surface area contributed by atoms with Crippen molar-refractivity contribution in [2.45, 2.75) is 83.4 Å². The van der Waals surface area contributed by atoms with Gasteiger partial charge in [0.15, 0.2) is 6.10 Å². The highest BCUT2D eigenvalue weighted by atomic mass is 19.4. The number of hydrogen-bond acceptors (Lipinski definition) is 4. The lowest BCUT2D eigenvalue weighted by Crippen LogP contribution is -2.46. The van der Waals surface area contributed by atoms with Crippen molar-refractivity contribution in [2.24, 2.45) is 23.2 Å². The third kappa shape index (κ3) is 5.38. The third-order valence-corrected chi connectivity index (χ3v) is 6.59. The minimum absolute atomic E-state index is 0.0242. The highest BCUT2D eigenvalue weighted by Crippen LogP contribution is 2.61. The van der Waals surface area contributed by atoms with Crippen LogP contribution in [0.5, 0.6) is 0 Å². The van der Waals surface area contributed by atoms with E-state index >= 15 is 0 Å². The Labute approximate surface area is 158 Å². The topological polar surface area (TPSA) is 52.6 Å². The van der Waals surface area contributed by atoms with Crippen molar-refractivity contribution < 1.29 is 32.2 Å². The summed E-state index contributed by atoms with van der Waals surface area (Å²) in [5, 5.41) is 0. The van der Waals surface area contributed by atoms with Crippen molar-refractivity contribution in [3.05, 3.63) is 0 Å². The summed E-state index contributed by atoms with van der Waals surface area (Å²) in [6.45, 7) is 1.19. The zero-order valence-corrected chi connectivity index (χ0v) is 15.9. The van der Waals surface area contributed by atoms with Crippen LogP contribution in [0.25, 0.3) is 0 Å². The Balaban J connectivity index is 1.30. The average Bonchev–Trinajstić information content (AvgIpc) is 2.52. The molecular formula is C20H29F3O4. The molecule has 0 aromatic heterocycles. The molecule has 1 atom stereocenters. The van der Waals surface area contributed by atoms with Crippen LogP contribution in [0.2, 0.25) is 0 Å². The van der Waals surface area contributed by atoms with Crippen molar-refractivity contribution in [1.82, 2.24) is 0 Å². The second-order valence-electron chi connectivity index (χ2n) is 8.92. The summed E-state index contributed by atoms with van der Waals surface area (Å²) < 4.78 is 46.6. The normalized spacial score (nSPS) is 33.0. The van der Waals surface area contributed by atoms with Crippen LogP contribution < -0.4 is 0 Å². The third-order valence-electron chi connectivity index (χ3n) is 6.59. The smallest absolute Gasteiger partial charge is 0.425 e. The van der Waals surface area contributed by atoms with Crippen LogP contribution in [0, 0.1) is 23.2 Å². The highest BCUT2D eigenvalue weighted by molar-refractivity contribution is 5.72. The molecule has 4 saturated carbocycles. The maximum atomic E-state index is 12.3. The Kier molecular flexibility index (Phi) is 6.06. The summed E-state index contributed by atoms with van der Waals surface area (Å²) in [7, 11) is 0. The molecule has 0 spiro atoms. The van der Waals surface area contributed by atoms with E-state index in [0.717, 1.165) is 31.1 Å². The summed E-state index contributed by atoms with van der Waals surface area (Å²) >= 11 is 0. The zero-order chi connectivity index (χ0) is 19.7. The molecule has 7 heteroatoms. The lowest BCUT2D eigenvalue weighted by atomic mass is 9.49. The zero-order valence-electron chi connectivity index (χ0n) is 15.9. The molecule has 4 aliphatic carbocycles. The maximum Gasteiger partial charge on any atom is 0.425 e. The monoisotopic (exact) mass is 390 g/mol. The number of carbonyl (C=O) groups excluding carboxylic acids is 2. The SMILES string of the molecule is CC(OC(=O)CCCC(=O)OCCC12CC3CC(CC(C3)C1)C2)C(F)(F)F. The van der Waals surface area contributed by atoms with Crippen LogP contribution in [0.1, 0.15) is 71.1 Å². The van der Waals surface area contributed by atoms with Gasteiger partial charge in [-0.05, 0) is 81.5 Å². The largest absolute Gasteiger partial charge is 0.466 e. The molecule has 0 heterocycles. The van der Waals surface area contributed by atoms with Crippen molar-refractivity contribution in [2.75, 3.05) is 6.61 Å². The van der Waals surface area contributed by atoms with Crippen LogP contribution >= 0.6 is 0 Å². The molecule has 154 valence electrons. The molecule has 27 heavy (non-hydrogen) atoms. The molecule has 4 fully saturated rings. The van der Waals surface area contributed by atoms with Crippen LogP contribution in [0.3, 0.4) is 0 Å². The Morgan fingerprint density at radius 2 is 1.52 bits per heavy atom. The molecule has 0 aromatic rings. The minimum Gasteiger partial charge on any atom is -0.466 e. The molecular weight excluding hydrogens is 361 g/mol. The fourth-order valence-electron chi connectivity index (χ4n) is 5.75. The summed E-state index contributed by atoms with van der Waals surface area (Å²) in [6, 6.07) is 0. The van der Waals surface area contributed by atoms with Crippen molar-refractivity contribution in [1.29, 1.82) is 0 Å². The number of ether oxygens (including phenoxy) is 2. The van der Waals surface area contributed by atoms with E-state index in [2.05, 4.69) is 4.74 Å². The molecule has 4 rings (SSSR count). The van der Waals surface area contributed by atoms with E-state index in [1.165, 1.54) is 38.5 Å². The second kappa shape index (κ2) is 8.00. The van der Waals surface area contributed by atoms with Gasteiger partial charge in [-0.2, -0.15) is 13.2 Å². The van der Waals surface area contributed by atoms with Gasteiger partial charge in [0.05, 0.1) is 6.61 Å². The minimum atomic E-state index is -4.56. The second-order valence-corrected chi connectivity index (χ2v) is 8.92. The lowest BCUT2D eigenvalue weighted by molar-refractivity contribution is -0.216. The molecule has 0 radical (unpaired) electrons. The van der Waals surface area contributed by atoms with E-state index in [1.54, 1.807) is 0 Å². The van der Waals surface area contributed by atoms with Gasteiger partial charge in [0.25, 0.3) is 0 Å². The molecule has 0 amide bonds. The standard InChI is InChI=1S/C20H29F3O4/c1-13(20(21,22)23)27-18(25)4-2-3-17(24)26-6-5-19-10-14-7-15(11-19)9-16(8-14)12-19/h13-16H,2-12H2,1H3. The molecule has 0 N–H and O–H groups in total. The first kappa shape index (κ1) is 20.5. The maximum absolute atomic E-state index is 12.3. The number of carbonyl (C=O) groups is 2. The predicted octanol–water partition coefficient (Wildman–Crippen LogP) is 4.80. The van der Waals surface area contributed by atoms with Gasteiger partial charge < -0.3 is 9.47 Å².